The molecular weight excluding hydrogens is 282 g/mol. The molecule has 2 aromatic rings. The molecule has 0 saturated carbocycles. The minimum absolute atomic E-state index is 0.268. The third-order valence-corrected chi connectivity index (χ3v) is 5.25. The average Bonchev–Trinajstić information content (AvgIpc) is 2.41. The van der Waals surface area contributed by atoms with Gasteiger partial charge in [-0.25, -0.2) is 13.1 Å². The van der Waals surface area contributed by atoms with Crippen LogP contribution in [0.3, 0.4) is 0 Å². The summed E-state index contributed by atoms with van der Waals surface area (Å²) in [4.78, 5) is 0.295. The molecule has 4 heteroatoms. The van der Waals surface area contributed by atoms with E-state index in [1.54, 1.807) is 24.3 Å². The highest BCUT2D eigenvalue weighted by Gasteiger charge is 2.18. The molecule has 0 bridgehead atoms. The van der Waals surface area contributed by atoms with Crippen molar-refractivity contribution in [2.24, 2.45) is 0 Å². The van der Waals surface area contributed by atoms with E-state index in [1.807, 2.05) is 45.9 Å². The van der Waals surface area contributed by atoms with Gasteiger partial charge in [0.2, 0.25) is 10.0 Å². The molecule has 0 aliphatic carbocycles. The number of rotatable bonds is 4. The highest BCUT2D eigenvalue weighted by molar-refractivity contribution is 7.89. The van der Waals surface area contributed by atoms with Crippen molar-refractivity contribution in [3.8, 4) is 0 Å². The molecule has 1 atom stereocenters. The van der Waals surface area contributed by atoms with Gasteiger partial charge in [0, 0.05) is 6.04 Å². The van der Waals surface area contributed by atoms with Crippen LogP contribution >= 0.6 is 0 Å². The highest BCUT2D eigenvalue weighted by atomic mass is 32.2. The Balaban J connectivity index is 2.23. The molecule has 2 rings (SSSR count). The van der Waals surface area contributed by atoms with E-state index in [4.69, 9.17) is 0 Å². The summed E-state index contributed by atoms with van der Waals surface area (Å²) in [6.45, 7) is 7.86. The van der Waals surface area contributed by atoms with Gasteiger partial charge < -0.3 is 0 Å². The summed E-state index contributed by atoms with van der Waals surface area (Å²) in [5.74, 6) is 0. The quantitative estimate of drug-likeness (QED) is 0.937. The first-order chi connectivity index (χ1) is 9.79. The van der Waals surface area contributed by atoms with Crippen LogP contribution in [0.25, 0.3) is 0 Å². The average molecular weight is 303 g/mol. The third kappa shape index (κ3) is 3.71. The zero-order valence-electron chi connectivity index (χ0n) is 12.8. The van der Waals surface area contributed by atoms with Crippen molar-refractivity contribution >= 4 is 10.0 Å². The van der Waals surface area contributed by atoms with E-state index in [1.165, 1.54) is 5.56 Å². The van der Waals surface area contributed by atoms with Gasteiger partial charge >= 0.3 is 0 Å². The molecule has 0 fully saturated rings. The monoisotopic (exact) mass is 303 g/mol. The maximum Gasteiger partial charge on any atom is 0.241 e. The van der Waals surface area contributed by atoms with Crippen molar-refractivity contribution in [3.63, 3.8) is 0 Å². The van der Waals surface area contributed by atoms with Gasteiger partial charge in [0.25, 0.3) is 0 Å². The zero-order chi connectivity index (χ0) is 15.6. The van der Waals surface area contributed by atoms with Crippen LogP contribution in [-0.4, -0.2) is 8.42 Å². The second-order valence-electron chi connectivity index (χ2n) is 5.50. The van der Waals surface area contributed by atoms with Gasteiger partial charge in [-0.3, -0.25) is 0 Å². The van der Waals surface area contributed by atoms with Crippen LogP contribution in [0.1, 0.15) is 35.2 Å². The molecule has 3 nitrogen and oxygen atoms in total. The Labute approximate surface area is 127 Å². The van der Waals surface area contributed by atoms with Crippen LogP contribution in [0.2, 0.25) is 0 Å². The van der Waals surface area contributed by atoms with Gasteiger partial charge in [-0.15, -0.1) is 0 Å². The molecule has 0 saturated heterocycles. The normalized spacial score (nSPS) is 13.1. The van der Waals surface area contributed by atoms with E-state index < -0.39 is 10.0 Å². The summed E-state index contributed by atoms with van der Waals surface area (Å²) < 4.78 is 27.5. The van der Waals surface area contributed by atoms with Crippen molar-refractivity contribution in [2.75, 3.05) is 0 Å². The predicted octanol–water partition coefficient (Wildman–Crippen LogP) is 3.65. The van der Waals surface area contributed by atoms with Crippen LogP contribution in [0.4, 0.5) is 0 Å². The predicted molar refractivity (Wildman–Crippen MR) is 85.8 cm³/mol. The topological polar surface area (TPSA) is 46.2 Å². The fourth-order valence-electron chi connectivity index (χ4n) is 2.12. The van der Waals surface area contributed by atoms with E-state index >= 15 is 0 Å². The molecule has 0 aliphatic heterocycles. The summed E-state index contributed by atoms with van der Waals surface area (Å²) in [6, 6.07) is 12.6. The zero-order valence-corrected chi connectivity index (χ0v) is 13.7. The Kier molecular flexibility index (Phi) is 4.49. The Bertz CT molecular complexity index is 734. The van der Waals surface area contributed by atoms with Gasteiger partial charge in [-0.05, 0) is 56.5 Å². The first-order valence-corrected chi connectivity index (χ1v) is 8.44. The Morgan fingerprint density at radius 2 is 1.52 bits per heavy atom. The number of sulfonamides is 1. The van der Waals surface area contributed by atoms with E-state index in [0.717, 1.165) is 16.7 Å². The lowest BCUT2D eigenvalue weighted by atomic mass is 10.0. The lowest BCUT2D eigenvalue weighted by molar-refractivity contribution is 0.567. The Morgan fingerprint density at radius 1 is 0.905 bits per heavy atom. The molecule has 112 valence electrons. The van der Waals surface area contributed by atoms with E-state index in [-0.39, 0.29) is 6.04 Å². The molecule has 0 amide bonds. The minimum atomic E-state index is -3.50. The molecule has 21 heavy (non-hydrogen) atoms. The largest absolute Gasteiger partial charge is 0.241 e. The summed E-state index contributed by atoms with van der Waals surface area (Å²) in [6.07, 6.45) is 0. The lowest BCUT2D eigenvalue weighted by Crippen LogP contribution is -2.27. The first kappa shape index (κ1) is 15.7. The number of aryl methyl sites for hydroxylation is 3. The standard InChI is InChI=1S/C17H21NO2S/c1-12-5-9-17(10-6-12)21(19,20)18-15(4)16-8-7-13(2)14(3)11-16/h5-11,15,18H,1-4H3. The molecule has 0 radical (unpaired) electrons. The van der Waals surface area contributed by atoms with E-state index in [0.29, 0.717) is 4.90 Å². The number of hydrogen-bond acceptors (Lipinski definition) is 2. The fourth-order valence-corrected chi connectivity index (χ4v) is 3.35. The second-order valence-corrected chi connectivity index (χ2v) is 7.21. The lowest BCUT2D eigenvalue weighted by Gasteiger charge is -2.16. The molecule has 0 aliphatic rings. The van der Waals surface area contributed by atoms with Crippen LogP contribution in [0, 0.1) is 20.8 Å². The van der Waals surface area contributed by atoms with Gasteiger partial charge in [-0.2, -0.15) is 0 Å². The summed E-state index contributed by atoms with van der Waals surface area (Å²) in [5.41, 5.74) is 4.37. The number of hydrogen-bond donors (Lipinski definition) is 1. The van der Waals surface area contributed by atoms with Crippen molar-refractivity contribution in [1.82, 2.24) is 4.72 Å². The first-order valence-electron chi connectivity index (χ1n) is 6.96. The SMILES string of the molecule is Cc1ccc(S(=O)(=O)NC(C)c2ccc(C)c(C)c2)cc1. The smallest absolute Gasteiger partial charge is 0.207 e. The Morgan fingerprint density at radius 3 is 2.10 bits per heavy atom. The molecule has 1 N–H and O–H groups in total. The van der Waals surface area contributed by atoms with Crippen LogP contribution < -0.4 is 4.72 Å². The maximum atomic E-state index is 12.4. The molecule has 0 heterocycles. The molecular formula is C17H21NO2S. The molecule has 2 aromatic carbocycles. The van der Waals surface area contributed by atoms with Gasteiger partial charge in [-0.1, -0.05) is 35.9 Å². The third-order valence-electron chi connectivity index (χ3n) is 3.69. The maximum absolute atomic E-state index is 12.4. The highest BCUT2D eigenvalue weighted by Crippen LogP contribution is 2.19. The number of nitrogens with one attached hydrogen (secondary N) is 1. The van der Waals surface area contributed by atoms with Crippen LogP contribution in [0.15, 0.2) is 47.4 Å². The molecule has 0 spiro atoms. The van der Waals surface area contributed by atoms with Gasteiger partial charge in [0.05, 0.1) is 4.90 Å². The summed E-state index contributed by atoms with van der Waals surface area (Å²) in [5, 5.41) is 0. The van der Waals surface area contributed by atoms with Gasteiger partial charge in [0.15, 0.2) is 0 Å². The summed E-state index contributed by atoms with van der Waals surface area (Å²) in [7, 11) is -3.50. The van der Waals surface area contributed by atoms with E-state index in [9.17, 15) is 8.42 Å². The van der Waals surface area contributed by atoms with Crippen molar-refractivity contribution in [3.05, 3.63) is 64.7 Å². The van der Waals surface area contributed by atoms with Crippen molar-refractivity contribution < 1.29 is 8.42 Å². The molecule has 0 aromatic heterocycles. The Hall–Kier alpha value is -1.65. The van der Waals surface area contributed by atoms with Crippen LogP contribution in [0.5, 0.6) is 0 Å². The van der Waals surface area contributed by atoms with Crippen molar-refractivity contribution in [1.29, 1.82) is 0 Å². The summed E-state index contributed by atoms with van der Waals surface area (Å²) >= 11 is 0. The van der Waals surface area contributed by atoms with Crippen molar-refractivity contribution in [2.45, 2.75) is 38.6 Å². The van der Waals surface area contributed by atoms with Gasteiger partial charge in [0.1, 0.15) is 0 Å². The molecule has 1 unspecified atom stereocenters. The fraction of sp³-hybridized carbons (Fsp3) is 0.294. The second kappa shape index (κ2) is 6.00. The van der Waals surface area contributed by atoms with E-state index in [2.05, 4.69) is 4.72 Å². The van der Waals surface area contributed by atoms with Crippen LogP contribution in [-0.2, 0) is 10.0 Å². The minimum Gasteiger partial charge on any atom is -0.207 e. The number of benzene rings is 2.